The third-order valence-corrected chi connectivity index (χ3v) is 4.12. The van der Waals surface area contributed by atoms with Crippen LogP contribution in [0, 0.1) is 0 Å². The summed E-state index contributed by atoms with van der Waals surface area (Å²) < 4.78 is 39.6. The van der Waals surface area contributed by atoms with Crippen molar-refractivity contribution in [2.45, 2.75) is 43.9 Å². The highest BCUT2D eigenvalue weighted by Gasteiger charge is 2.36. The van der Waals surface area contributed by atoms with Gasteiger partial charge in [-0.15, -0.1) is 0 Å². The third kappa shape index (κ3) is 4.37. The Morgan fingerprint density at radius 3 is 2.43 bits per heavy atom. The van der Waals surface area contributed by atoms with Crippen molar-refractivity contribution < 1.29 is 23.1 Å². The van der Waals surface area contributed by atoms with Crippen molar-refractivity contribution in [3.05, 3.63) is 23.8 Å². The summed E-state index contributed by atoms with van der Waals surface area (Å²) in [5, 5.41) is 12.5. The standard InChI is InChI=1S/C16H21F3N2O2/c1-21(2)11-5-6-13(12(9-11)16(17,18)19)20-14(22)10-15(23)7-3-4-8-15/h5-6,9,23H,3-4,7-8,10H2,1-2H3,(H,20,22). The molecule has 1 fully saturated rings. The lowest BCUT2D eigenvalue weighted by Crippen LogP contribution is -2.31. The highest BCUT2D eigenvalue weighted by molar-refractivity contribution is 5.92. The molecule has 128 valence electrons. The topological polar surface area (TPSA) is 52.6 Å². The van der Waals surface area contributed by atoms with E-state index in [1.54, 1.807) is 19.0 Å². The van der Waals surface area contributed by atoms with E-state index in [2.05, 4.69) is 5.32 Å². The Morgan fingerprint density at radius 1 is 1.30 bits per heavy atom. The van der Waals surface area contributed by atoms with Crippen molar-refractivity contribution in [2.24, 2.45) is 0 Å². The molecule has 0 aromatic heterocycles. The van der Waals surface area contributed by atoms with Crippen LogP contribution >= 0.6 is 0 Å². The molecule has 1 aliphatic rings. The van der Waals surface area contributed by atoms with Crippen molar-refractivity contribution in [2.75, 3.05) is 24.3 Å². The van der Waals surface area contributed by atoms with Crippen molar-refractivity contribution in [3.8, 4) is 0 Å². The summed E-state index contributed by atoms with van der Waals surface area (Å²) in [6.07, 6.45) is -2.08. The summed E-state index contributed by atoms with van der Waals surface area (Å²) in [5.74, 6) is -0.600. The van der Waals surface area contributed by atoms with Gasteiger partial charge in [-0.3, -0.25) is 4.79 Å². The van der Waals surface area contributed by atoms with Gasteiger partial charge in [-0.2, -0.15) is 13.2 Å². The number of nitrogens with one attached hydrogen (secondary N) is 1. The van der Waals surface area contributed by atoms with E-state index in [0.29, 0.717) is 18.5 Å². The number of aliphatic hydroxyl groups is 1. The maximum absolute atomic E-state index is 13.2. The lowest BCUT2D eigenvalue weighted by molar-refractivity contribution is -0.136. The molecule has 1 amide bonds. The van der Waals surface area contributed by atoms with Gasteiger partial charge in [0.15, 0.2) is 0 Å². The molecule has 0 aliphatic heterocycles. The zero-order valence-corrected chi connectivity index (χ0v) is 13.2. The SMILES string of the molecule is CN(C)c1ccc(NC(=O)CC2(O)CCCC2)c(C(F)(F)F)c1. The highest BCUT2D eigenvalue weighted by atomic mass is 19.4. The molecule has 1 aromatic carbocycles. The van der Waals surface area contributed by atoms with Crippen LogP contribution in [0.5, 0.6) is 0 Å². The summed E-state index contributed by atoms with van der Waals surface area (Å²) in [4.78, 5) is 13.6. The molecule has 0 saturated heterocycles. The minimum atomic E-state index is -4.57. The number of halogens is 3. The number of hydrogen-bond acceptors (Lipinski definition) is 3. The molecule has 1 aliphatic carbocycles. The second-order valence-corrected chi connectivity index (χ2v) is 6.28. The van der Waals surface area contributed by atoms with Gasteiger partial charge in [0.25, 0.3) is 0 Å². The Hall–Kier alpha value is -1.76. The number of rotatable bonds is 4. The molecule has 0 bridgehead atoms. The molecule has 0 radical (unpaired) electrons. The van der Waals surface area contributed by atoms with Gasteiger partial charge in [0, 0.05) is 19.8 Å². The second kappa shape index (κ2) is 6.39. The number of benzene rings is 1. The molecule has 2 rings (SSSR count). The number of nitrogens with zero attached hydrogens (tertiary/aromatic N) is 1. The average molecular weight is 330 g/mol. The number of anilines is 2. The van der Waals surface area contributed by atoms with Gasteiger partial charge in [0.2, 0.25) is 5.91 Å². The Labute approximate surface area is 133 Å². The molecule has 4 nitrogen and oxygen atoms in total. The van der Waals surface area contributed by atoms with E-state index >= 15 is 0 Å². The summed E-state index contributed by atoms with van der Waals surface area (Å²) in [5.41, 5.74) is -1.87. The second-order valence-electron chi connectivity index (χ2n) is 6.28. The van der Waals surface area contributed by atoms with Gasteiger partial charge in [-0.05, 0) is 31.0 Å². The molecule has 0 atom stereocenters. The fourth-order valence-electron chi connectivity index (χ4n) is 2.86. The smallest absolute Gasteiger partial charge is 0.389 e. The first kappa shape index (κ1) is 17.6. The first-order valence-corrected chi connectivity index (χ1v) is 7.51. The average Bonchev–Trinajstić information content (AvgIpc) is 2.83. The summed E-state index contributed by atoms with van der Waals surface area (Å²) in [7, 11) is 3.28. The zero-order valence-electron chi connectivity index (χ0n) is 13.2. The Bertz CT molecular complexity index is 579. The lowest BCUT2D eigenvalue weighted by Gasteiger charge is -2.22. The van der Waals surface area contributed by atoms with Crippen LogP contribution in [-0.2, 0) is 11.0 Å². The van der Waals surface area contributed by atoms with Crippen LogP contribution in [0.2, 0.25) is 0 Å². The van der Waals surface area contributed by atoms with Gasteiger partial charge >= 0.3 is 6.18 Å². The van der Waals surface area contributed by atoms with E-state index < -0.39 is 23.2 Å². The Balaban J connectivity index is 2.20. The first-order valence-electron chi connectivity index (χ1n) is 7.51. The fourth-order valence-corrected chi connectivity index (χ4v) is 2.86. The maximum Gasteiger partial charge on any atom is 0.418 e. The molecule has 1 saturated carbocycles. The van der Waals surface area contributed by atoms with Crippen LogP contribution in [0.25, 0.3) is 0 Å². The van der Waals surface area contributed by atoms with Crippen LogP contribution in [0.3, 0.4) is 0 Å². The molecule has 2 N–H and O–H groups in total. The zero-order chi connectivity index (χ0) is 17.3. The van der Waals surface area contributed by atoms with E-state index in [-0.39, 0.29) is 12.1 Å². The van der Waals surface area contributed by atoms with Gasteiger partial charge in [0.1, 0.15) is 0 Å². The first-order chi connectivity index (χ1) is 10.6. The lowest BCUT2D eigenvalue weighted by atomic mass is 9.97. The van der Waals surface area contributed by atoms with Gasteiger partial charge in [-0.1, -0.05) is 12.8 Å². The maximum atomic E-state index is 13.2. The largest absolute Gasteiger partial charge is 0.418 e. The Morgan fingerprint density at radius 2 is 1.91 bits per heavy atom. The van der Waals surface area contributed by atoms with E-state index in [0.717, 1.165) is 18.9 Å². The van der Waals surface area contributed by atoms with Crippen molar-refractivity contribution in [1.29, 1.82) is 0 Å². The van der Waals surface area contributed by atoms with Crippen LogP contribution < -0.4 is 10.2 Å². The highest BCUT2D eigenvalue weighted by Crippen LogP contribution is 2.38. The molecule has 1 aromatic rings. The molecule has 0 spiro atoms. The predicted octanol–water partition coefficient (Wildman–Crippen LogP) is 3.41. The third-order valence-electron chi connectivity index (χ3n) is 4.12. The molecular weight excluding hydrogens is 309 g/mol. The van der Waals surface area contributed by atoms with Gasteiger partial charge in [-0.25, -0.2) is 0 Å². The number of carbonyl (C=O) groups is 1. The molecule has 7 heteroatoms. The monoisotopic (exact) mass is 330 g/mol. The summed E-state index contributed by atoms with van der Waals surface area (Å²) in [6.45, 7) is 0. The predicted molar refractivity (Wildman–Crippen MR) is 82.4 cm³/mol. The van der Waals surface area contributed by atoms with E-state index in [1.807, 2.05) is 0 Å². The van der Waals surface area contributed by atoms with Gasteiger partial charge in [0.05, 0.1) is 23.3 Å². The quantitative estimate of drug-likeness (QED) is 0.889. The molecule has 23 heavy (non-hydrogen) atoms. The van der Waals surface area contributed by atoms with Gasteiger partial charge < -0.3 is 15.3 Å². The van der Waals surface area contributed by atoms with E-state index in [4.69, 9.17) is 0 Å². The Kier molecular flexibility index (Phi) is 4.89. The number of hydrogen-bond donors (Lipinski definition) is 2. The van der Waals surface area contributed by atoms with E-state index in [9.17, 15) is 23.1 Å². The summed E-state index contributed by atoms with van der Waals surface area (Å²) >= 11 is 0. The van der Waals surface area contributed by atoms with Crippen LogP contribution in [0.4, 0.5) is 24.5 Å². The van der Waals surface area contributed by atoms with Crippen molar-refractivity contribution >= 4 is 17.3 Å². The number of amides is 1. The fraction of sp³-hybridized carbons (Fsp3) is 0.562. The minimum Gasteiger partial charge on any atom is -0.389 e. The molecule has 0 unspecified atom stereocenters. The molecular formula is C16H21F3N2O2. The number of carbonyl (C=O) groups excluding carboxylic acids is 1. The van der Waals surface area contributed by atoms with E-state index in [1.165, 1.54) is 12.1 Å². The van der Waals surface area contributed by atoms with Crippen LogP contribution in [0.1, 0.15) is 37.7 Å². The normalized spacial score (nSPS) is 17.1. The molecule has 0 heterocycles. The van der Waals surface area contributed by atoms with Crippen LogP contribution in [0.15, 0.2) is 18.2 Å². The van der Waals surface area contributed by atoms with Crippen molar-refractivity contribution in [3.63, 3.8) is 0 Å². The minimum absolute atomic E-state index is 0.181. The number of alkyl halides is 3. The van der Waals surface area contributed by atoms with Crippen molar-refractivity contribution in [1.82, 2.24) is 0 Å². The summed E-state index contributed by atoms with van der Waals surface area (Å²) in [6, 6.07) is 3.75. The van der Waals surface area contributed by atoms with Crippen LogP contribution in [-0.4, -0.2) is 30.7 Å².